The number of nitrogens with one attached hydrogen (secondary N) is 1. The lowest BCUT2D eigenvalue weighted by Gasteiger charge is -2.18. The Hall–Kier alpha value is -0.0800. The van der Waals surface area contributed by atoms with Crippen molar-refractivity contribution in [3.63, 3.8) is 0 Å². The van der Waals surface area contributed by atoms with E-state index >= 15 is 0 Å². The summed E-state index contributed by atoms with van der Waals surface area (Å²) in [4.78, 5) is 0. The van der Waals surface area contributed by atoms with Gasteiger partial charge in [0.15, 0.2) is 0 Å². The summed E-state index contributed by atoms with van der Waals surface area (Å²) in [5.74, 6) is 1.50. The van der Waals surface area contributed by atoms with Crippen molar-refractivity contribution in [2.45, 2.75) is 26.3 Å². The van der Waals surface area contributed by atoms with Crippen molar-refractivity contribution in [3.05, 3.63) is 0 Å². The maximum absolute atomic E-state index is 5.11. The molecular weight excluding hydrogens is 138 g/mol. The summed E-state index contributed by atoms with van der Waals surface area (Å²) < 4.78 is 5.11. The third kappa shape index (κ3) is 2.46. The number of hydrogen-bond acceptors (Lipinski definition) is 2. The highest BCUT2D eigenvalue weighted by Gasteiger charge is 2.24. The minimum Gasteiger partial charge on any atom is -0.384 e. The molecule has 1 saturated heterocycles. The molecule has 3 atom stereocenters. The summed E-state index contributed by atoms with van der Waals surface area (Å²) in [6.45, 7) is 6.61. The van der Waals surface area contributed by atoms with Crippen molar-refractivity contribution in [1.29, 1.82) is 0 Å². The molecule has 0 radical (unpaired) electrons. The van der Waals surface area contributed by atoms with Crippen LogP contribution in [-0.2, 0) is 4.74 Å². The average molecular weight is 157 g/mol. The van der Waals surface area contributed by atoms with Gasteiger partial charge in [0.2, 0.25) is 0 Å². The quantitative estimate of drug-likeness (QED) is 0.666. The molecule has 1 fully saturated rings. The number of rotatable bonds is 3. The molecule has 0 amide bonds. The second-order valence-corrected chi connectivity index (χ2v) is 3.79. The first-order chi connectivity index (χ1) is 5.24. The molecular formula is C9H19NO. The van der Waals surface area contributed by atoms with Crippen molar-refractivity contribution in [2.24, 2.45) is 11.8 Å². The fraction of sp³-hybridized carbons (Fsp3) is 1.00. The van der Waals surface area contributed by atoms with Gasteiger partial charge in [-0.2, -0.15) is 0 Å². The zero-order valence-corrected chi connectivity index (χ0v) is 7.76. The van der Waals surface area contributed by atoms with Gasteiger partial charge >= 0.3 is 0 Å². The molecule has 1 heterocycles. The van der Waals surface area contributed by atoms with Crippen molar-refractivity contribution < 1.29 is 4.74 Å². The molecule has 1 aliphatic rings. The minimum absolute atomic E-state index is 0.657. The van der Waals surface area contributed by atoms with E-state index < -0.39 is 0 Å². The Morgan fingerprint density at radius 3 is 2.82 bits per heavy atom. The highest BCUT2D eigenvalue weighted by Crippen LogP contribution is 2.19. The fourth-order valence-corrected chi connectivity index (χ4v) is 1.77. The van der Waals surface area contributed by atoms with Crippen LogP contribution in [0, 0.1) is 11.8 Å². The Bertz CT molecular complexity index is 116. The first-order valence-corrected chi connectivity index (χ1v) is 4.46. The summed E-state index contributed by atoms with van der Waals surface area (Å²) in [5, 5.41) is 3.51. The molecule has 1 aliphatic heterocycles. The zero-order valence-electron chi connectivity index (χ0n) is 7.76. The van der Waals surface area contributed by atoms with E-state index in [2.05, 4.69) is 19.2 Å². The monoisotopic (exact) mass is 157 g/mol. The molecule has 66 valence electrons. The predicted octanol–water partition coefficient (Wildman–Crippen LogP) is 1.27. The summed E-state index contributed by atoms with van der Waals surface area (Å²) in [6.07, 6.45) is 1.31. The third-order valence-corrected chi connectivity index (χ3v) is 2.50. The molecule has 0 aromatic carbocycles. The molecule has 2 heteroatoms. The lowest BCUT2D eigenvalue weighted by atomic mass is 9.98. The Labute approximate surface area is 69.3 Å². The molecule has 0 aromatic rings. The van der Waals surface area contributed by atoms with Crippen LogP contribution in [0.1, 0.15) is 20.3 Å². The van der Waals surface area contributed by atoms with Gasteiger partial charge in [0.1, 0.15) is 0 Å². The second-order valence-electron chi connectivity index (χ2n) is 3.79. The highest BCUT2D eigenvalue weighted by molar-refractivity contribution is 4.82. The standard InChI is InChI=1S/C9H19NO/c1-7-4-9(10-5-7)8(2)6-11-3/h7-10H,4-6H2,1-3H3. The first kappa shape index (κ1) is 9.01. The molecule has 0 aromatic heterocycles. The van der Waals surface area contributed by atoms with E-state index in [0.29, 0.717) is 12.0 Å². The summed E-state index contributed by atoms with van der Waals surface area (Å²) >= 11 is 0. The maximum atomic E-state index is 5.11. The predicted molar refractivity (Wildman–Crippen MR) is 46.6 cm³/mol. The number of ether oxygens (including phenoxy) is 1. The van der Waals surface area contributed by atoms with E-state index in [1.807, 2.05) is 0 Å². The molecule has 1 N–H and O–H groups in total. The van der Waals surface area contributed by atoms with Crippen LogP contribution in [0.5, 0.6) is 0 Å². The zero-order chi connectivity index (χ0) is 8.27. The van der Waals surface area contributed by atoms with Crippen LogP contribution in [0.4, 0.5) is 0 Å². The van der Waals surface area contributed by atoms with E-state index in [-0.39, 0.29) is 0 Å². The van der Waals surface area contributed by atoms with Crippen LogP contribution in [0.3, 0.4) is 0 Å². The van der Waals surface area contributed by atoms with Gasteiger partial charge in [-0.05, 0) is 24.8 Å². The van der Waals surface area contributed by atoms with Gasteiger partial charge in [-0.15, -0.1) is 0 Å². The van der Waals surface area contributed by atoms with Crippen LogP contribution in [0.25, 0.3) is 0 Å². The maximum Gasteiger partial charge on any atom is 0.0502 e. The van der Waals surface area contributed by atoms with E-state index in [9.17, 15) is 0 Å². The lowest BCUT2D eigenvalue weighted by molar-refractivity contribution is 0.143. The summed E-state index contributed by atoms with van der Waals surface area (Å²) in [5.41, 5.74) is 0. The SMILES string of the molecule is COCC(C)C1CC(C)CN1. The Balaban J connectivity index is 2.25. The smallest absolute Gasteiger partial charge is 0.0502 e. The van der Waals surface area contributed by atoms with Gasteiger partial charge in [0.25, 0.3) is 0 Å². The topological polar surface area (TPSA) is 21.3 Å². The third-order valence-electron chi connectivity index (χ3n) is 2.50. The molecule has 3 unspecified atom stereocenters. The van der Waals surface area contributed by atoms with Crippen LogP contribution in [0.2, 0.25) is 0 Å². The molecule has 0 spiro atoms. The number of hydrogen-bond donors (Lipinski definition) is 1. The molecule has 0 aliphatic carbocycles. The van der Waals surface area contributed by atoms with E-state index in [0.717, 1.165) is 12.5 Å². The van der Waals surface area contributed by atoms with Gasteiger partial charge in [-0.25, -0.2) is 0 Å². The van der Waals surface area contributed by atoms with E-state index in [1.165, 1.54) is 13.0 Å². The van der Waals surface area contributed by atoms with Crippen molar-refractivity contribution in [2.75, 3.05) is 20.3 Å². The molecule has 2 nitrogen and oxygen atoms in total. The molecule has 11 heavy (non-hydrogen) atoms. The Morgan fingerprint density at radius 2 is 2.36 bits per heavy atom. The average Bonchev–Trinajstić information content (AvgIpc) is 2.36. The van der Waals surface area contributed by atoms with Crippen LogP contribution < -0.4 is 5.32 Å². The van der Waals surface area contributed by atoms with Crippen LogP contribution in [0.15, 0.2) is 0 Å². The first-order valence-electron chi connectivity index (χ1n) is 4.46. The molecule has 0 saturated carbocycles. The van der Waals surface area contributed by atoms with Crippen LogP contribution >= 0.6 is 0 Å². The highest BCUT2D eigenvalue weighted by atomic mass is 16.5. The largest absolute Gasteiger partial charge is 0.384 e. The van der Waals surface area contributed by atoms with E-state index in [4.69, 9.17) is 4.74 Å². The van der Waals surface area contributed by atoms with Gasteiger partial charge in [0.05, 0.1) is 6.61 Å². The second kappa shape index (κ2) is 4.07. The van der Waals surface area contributed by atoms with Gasteiger partial charge in [-0.1, -0.05) is 13.8 Å². The normalized spacial score (nSPS) is 34.1. The Kier molecular flexibility index (Phi) is 3.34. The Morgan fingerprint density at radius 1 is 1.64 bits per heavy atom. The van der Waals surface area contributed by atoms with Gasteiger partial charge in [0, 0.05) is 13.2 Å². The van der Waals surface area contributed by atoms with Crippen molar-refractivity contribution in [3.8, 4) is 0 Å². The summed E-state index contributed by atoms with van der Waals surface area (Å²) in [7, 11) is 1.77. The lowest BCUT2D eigenvalue weighted by Crippen LogP contribution is -2.31. The van der Waals surface area contributed by atoms with Gasteiger partial charge < -0.3 is 10.1 Å². The molecule has 0 bridgehead atoms. The number of methoxy groups -OCH3 is 1. The van der Waals surface area contributed by atoms with Crippen LogP contribution in [-0.4, -0.2) is 26.3 Å². The van der Waals surface area contributed by atoms with Crippen molar-refractivity contribution >= 4 is 0 Å². The fourth-order valence-electron chi connectivity index (χ4n) is 1.77. The minimum atomic E-state index is 0.657. The van der Waals surface area contributed by atoms with Gasteiger partial charge in [-0.3, -0.25) is 0 Å². The summed E-state index contributed by atoms with van der Waals surface area (Å²) in [6, 6.07) is 0.685. The van der Waals surface area contributed by atoms with E-state index in [1.54, 1.807) is 7.11 Å². The van der Waals surface area contributed by atoms with Crippen molar-refractivity contribution in [1.82, 2.24) is 5.32 Å². The molecule has 1 rings (SSSR count).